The molecule has 3 heterocycles. The van der Waals surface area contributed by atoms with Crippen LogP contribution in [0.4, 0.5) is 0 Å². The van der Waals surface area contributed by atoms with Crippen LogP contribution in [0.3, 0.4) is 0 Å². The molecule has 2 saturated heterocycles. The molecule has 0 aliphatic carbocycles. The van der Waals surface area contributed by atoms with Crippen molar-refractivity contribution in [2.45, 2.75) is 25.9 Å². The lowest BCUT2D eigenvalue weighted by atomic mass is 10.00. The smallest absolute Gasteiger partial charge is 0.254 e. The lowest BCUT2D eigenvalue weighted by molar-refractivity contribution is 0.0298. The van der Waals surface area contributed by atoms with E-state index in [1.807, 2.05) is 30.3 Å². The van der Waals surface area contributed by atoms with E-state index in [1.54, 1.807) is 11.1 Å². The molecule has 1 aromatic carbocycles. The number of hydrogen-bond acceptors (Lipinski definition) is 5. The number of fused-ring (bicyclic) bond motifs is 2. The summed E-state index contributed by atoms with van der Waals surface area (Å²) in [6.45, 7) is 6.40. The van der Waals surface area contributed by atoms with Crippen LogP contribution >= 0.6 is 0 Å². The zero-order valence-corrected chi connectivity index (χ0v) is 16.5. The van der Waals surface area contributed by atoms with Crippen molar-refractivity contribution in [2.75, 3.05) is 31.1 Å². The number of benzene rings is 1. The molecule has 2 fully saturated rings. The monoisotopic (exact) mass is 387 g/mol. The Bertz CT molecular complexity index is 968. The Kier molecular flexibility index (Phi) is 4.68. The van der Waals surface area contributed by atoms with E-state index in [4.69, 9.17) is 0 Å². The van der Waals surface area contributed by atoms with Gasteiger partial charge in [-0.15, -0.1) is 0 Å². The fraction of sp³-hybridized carbons (Fsp3) is 0.500. The quantitative estimate of drug-likeness (QED) is 0.803. The Balaban J connectivity index is 1.68. The van der Waals surface area contributed by atoms with Crippen molar-refractivity contribution in [1.82, 2.24) is 14.8 Å². The lowest BCUT2D eigenvalue weighted by Gasteiger charge is -2.44. The molecular formula is C20H25N3O3S. The maximum absolute atomic E-state index is 13.4. The zero-order valence-electron chi connectivity index (χ0n) is 15.7. The summed E-state index contributed by atoms with van der Waals surface area (Å²) in [5.74, 6) is 0.567. The Morgan fingerprint density at radius 2 is 1.93 bits per heavy atom. The minimum absolute atomic E-state index is 0.0566. The number of hydrogen-bond donors (Lipinski definition) is 0. The predicted octanol–water partition coefficient (Wildman–Crippen LogP) is 1.81. The van der Waals surface area contributed by atoms with Gasteiger partial charge in [0.05, 0.1) is 23.1 Å². The summed E-state index contributed by atoms with van der Waals surface area (Å²) in [5, 5.41) is 0.812. The Labute approximate surface area is 160 Å². The van der Waals surface area contributed by atoms with Crippen LogP contribution < -0.4 is 0 Å². The minimum atomic E-state index is -3.14. The Hall–Kier alpha value is -1.99. The lowest BCUT2D eigenvalue weighted by Crippen LogP contribution is -2.61. The second-order valence-corrected chi connectivity index (χ2v) is 10.1. The molecule has 27 heavy (non-hydrogen) atoms. The number of aromatic nitrogens is 1. The van der Waals surface area contributed by atoms with Gasteiger partial charge in [0.1, 0.15) is 0 Å². The van der Waals surface area contributed by atoms with Gasteiger partial charge in [-0.1, -0.05) is 26.0 Å². The average Bonchev–Trinajstić information content (AvgIpc) is 2.96. The van der Waals surface area contributed by atoms with Crippen molar-refractivity contribution >= 4 is 26.6 Å². The molecule has 0 N–H and O–H groups in total. The van der Waals surface area contributed by atoms with Gasteiger partial charge in [0.25, 0.3) is 5.91 Å². The Morgan fingerprint density at radius 3 is 2.70 bits per heavy atom. The molecule has 2 atom stereocenters. The van der Waals surface area contributed by atoms with Crippen molar-refractivity contribution in [2.24, 2.45) is 5.92 Å². The second kappa shape index (κ2) is 6.87. The molecule has 2 aliphatic heterocycles. The minimum Gasteiger partial charge on any atom is -0.332 e. The van der Waals surface area contributed by atoms with Gasteiger partial charge in [-0.2, -0.15) is 0 Å². The first-order valence-electron chi connectivity index (χ1n) is 9.45. The predicted molar refractivity (Wildman–Crippen MR) is 105 cm³/mol. The third-order valence-electron chi connectivity index (χ3n) is 5.53. The topological polar surface area (TPSA) is 70.6 Å². The molecule has 4 rings (SSSR count). The SMILES string of the molecule is CC(C)CN1CCN(C(=O)c2cccc3ncccc23)[C@H]2CS(=O)(=O)C[C@H]21. The first kappa shape index (κ1) is 18.4. The number of amides is 1. The molecule has 0 bridgehead atoms. The summed E-state index contributed by atoms with van der Waals surface area (Å²) in [4.78, 5) is 21.8. The number of sulfone groups is 1. The third-order valence-corrected chi connectivity index (χ3v) is 7.23. The van der Waals surface area contributed by atoms with E-state index in [1.165, 1.54) is 0 Å². The first-order chi connectivity index (χ1) is 12.9. The number of carbonyl (C=O) groups excluding carboxylic acids is 1. The number of carbonyl (C=O) groups is 1. The normalized spacial score (nSPS) is 25.1. The van der Waals surface area contributed by atoms with Crippen LogP contribution in [-0.4, -0.2) is 72.3 Å². The van der Waals surface area contributed by atoms with Crippen molar-refractivity contribution < 1.29 is 13.2 Å². The van der Waals surface area contributed by atoms with Gasteiger partial charge in [0.2, 0.25) is 0 Å². The zero-order chi connectivity index (χ0) is 19.2. The molecular weight excluding hydrogens is 362 g/mol. The first-order valence-corrected chi connectivity index (χ1v) is 11.3. The third kappa shape index (κ3) is 3.46. The summed E-state index contributed by atoms with van der Waals surface area (Å²) in [6, 6.07) is 8.86. The van der Waals surface area contributed by atoms with Crippen LogP contribution in [0.25, 0.3) is 10.9 Å². The van der Waals surface area contributed by atoms with Crippen molar-refractivity contribution in [3.05, 3.63) is 42.1 Å². The number of nitrogens with zero attached hydrogens (tertiary/aromatic N) is 3. The van der Waals surface area contributed by atoms with Crippen LogP contribution in [0.15, 0.2) is 36.5 Å². The average molecular weight is 388 g/mol. The standard InChI is InChI=1S/C20H25N3O3S/c1-14(2)11-22-9-10-23(19-13-27(25,26)12-18(19)22)20(24)16-5-3-7-17-15(16)6-4-8-21-17/h3-8,14,18-19H,9-13H2,1-2H3/t18-,19+/m1/s1. The van der Waals surface area contributed by atoms with E-state index in [0.29, 0.717) is 24.6 Å². The van der Waals surface area contributed by atoms with Gasteiger partial charge in [0.15, 0.2) is 9.84 Å². The highest BCUT2D eigenvalue weighted by molar-refractivity contribution is 7.91. The van der Waals surface area contributed by atoms with Crippen LogP contribution in [0, 0.1) is 5.92 Å². The number of pyridine rings is 1. The van der Waals surface area contributed by atoms with Crippen molar-refractivity contribution in [1.29, 1.82) is 0 Å². The van der Waals surface area contributed by atoms with Crippen LogP contribution in [0.1, 0.15) is 24.2 Å². The largest absolute Gasteiger partial charge is 0.332 e. The molecule has 0 spiro atoms. The van der Waals surface area contributed by atoms with Crippen LogP contribution in [0.5, 0.6) is 0 Å². The highest BCUT2D eigenvalue weighted by Gasteiger charge is 2.48. The van der Waals surface area contributed by atoms with Gasteiger partial charge in [-0.3, -0.25) is 14.7 Å². The summed E-state index contributed by atoms with van der Waals surface area (Å²) >= 11 is 0. The summed E-state index contributed by atoms with van der Waals surface area (Å²) in [5.41, 5.74) is 1.37. The van der Waals surface area contributed by atoms with E-state index in [9.17, 15) is 13.2 Å². The molecule has 144 valence electrons. The highest BCUT2D eigenvalue weighted by Crippen LogP contribution is 2.30. The van der Waals surface area contributed by atoms with E-state index in [2.05, 4.69) is 23.7 Å². The molecule has 1 aromatic heterocycles. The van der Waals surface area contributed by atoms with Gasteiger partial charge in [-0.05, 0) is 24.1 Å². The second-order valence-electron chi connectivity index (χ2n) is 7.97. The fourth-order valence-corrected chi connectivity index (χ4v) is 6.43. The van der Waals surface area contributed by atoms with Gasteiger partial charge >= 0.3 is 0 Å². The summed E-state index contributed by atoms with van der Waals surface area (Å²) in [6.07, 6.45) is 1.71. The van der Waals surface area contributed by atoms with Crippen LogP contribution in [-0.2, 0) is 9.84 Å². The van der Waals surface area contributed by atoms with Crippen molar-refractivity contribution in [3.8, 4) is 0 Å². The molecule has 0 unspecified atom stereocenters. The van der Waals surface area contributed by atoms with Gasteiger partial charge in [-0.25, -0.2) is 8.42 Å². The molecule has 0 radical (unpaired) electrons. The maximum atomic E-state index is 13.4. The molecule has 0 saturated carbocycles. The number of piperazine rings is 1. The molecule has 6 nitrogen and oxygen atoms in total. The maximum Gasteiger partial charge on any atom is 0.254 e. The van der Waals surface area contributed by atoms with E-state index < -0.39 is 9.84 Å². The van der Waals surface area contributed by atoms with E-state index >= 15 is 0 Å². The molecule has 1 amide bonds. The molecule has 2 aromatic rings. The summed E-state index contributed by atoms with van der Waals surface area (Å²) < 4.78 is 24.7. The Morgan fingerprint density at radius 1 is 1.15 bits per heavy atom. The molecule has 2 aliphatic rings. The molecule has 7 heteroatoms. The number of rotatable bonds is 3. The van der Waals surface area contributed by atoms with Gasteiger partial charge in [0, 0.05) is 42.8 Å². The summed E-state index contributed by atoms with van der Waals surface area (Å²) in [7, 11) is -3.14. The van der Waals surface area contributed by atoms with E-state index in [0.717, 1.165) is 17.4 Å². The fourth-order valence-electron chi connectivity index (χ4n) is 4.42. The van der Waals surface area contributed by atoms with E-state index in [-0.39, 0.29) is 29.5 Å². The highest BCUT2D eigenvalue weighted by atomic mass is 32.2. The van der Waals surface area contributed by atoms with Crippen molar-refractivity contribution in [3.63, 3.8) is 0 Å². The van der Waals surface area contributed by atoms with Crippen LogP contribution in [0.2, 0.25) is 0 Å². The van der Waals surface area contributed by atoms with Gasteiger partial charge < -0.3 is 4.90 Å².